The molecule has 2 rings (SSSR count). The smallest absolute Gasteiger partial charge is 0.296 e. The molecule has 6 heteroatoms. The van der Waals surface area contributed by atoms with Crippen LogP contribution in [0.25, 0.3) is 0 Å². The van der Waals surface area contributed by atoms with Crippen LogP contribution < -0.4 is 14.6 Å². The van der Waals surface area contributed by atoms with Crippen LogP contribution in [0.3, 0.4) is 0 Å². The first-order valence-corrected chi connectivity index (χ1v) is 6.71. The normalized spacial score (nSPS) is 10.9. The highest BCUT2D eigenvalue weighted by atomic mass is 32.2. The highest BCUT2D eigenvalue weighted by molar-refractivity contribution is 7.90. The average molecular weight is 264 g/mol. The molecule has 0 atom stereocenters. The number of nitrogens with two attached hydrogens (primary N) is 1. The molecule has 0 saturated heterocycles. The van der Waals surface area contributed by atoms with Crippen molar-refractivity contribution in [3.63, 3.8) is 0 Å². The van der Waals surface area contributed by atoms with Crippen LogP contribution in [0, 0.1) is 0 Å². The second kappa shape index (κ2) is 5.07. The second-order valence-corrected chi connectivity index (χ2v) is 4.88. The zero-order valence-corrected chi connectivity index (χ0v) is 10.2. The van der Waals surface area contributed by atoms with E-state index in [1.165, 1.54) is 0 Å². The van der Waals surface area contributed by atoms with Crippen LogP contribution >= 0.6 is 0 Å². The molecule has 2 aromatic rings. The van der Waals surface area contributed by atoms with E-state index in [2.05, 4.69) is 4.72 Å². The van der Waals surface area contributed by atoms with Gasteiger partial charge in [-0.05, 0) is 24.3 Å². The van der Waals surface area contributed by atoms with Gasteiger partial charge in [-0.2, -0.15) is 8.42 Å². The summed E-state index contributed by atoms with van der Waals surface area (Å²) in [6.45, 7) is 0. The van der Waals surface area contributed by atoms with E-state index >= 15 is 0 Å². The SMILES string of the molecule is NS(=O)(=O)Nc1cccc(Oc2ccccc2)c1. The van der Waals surface area contributed by atoms with Gasteiger partial charge >= 0.3 is 0 Å². The number of ether oxygens (including phenoxy) is 1. The second-order valence-electron chi connectivity index (χ2n) is 3.59. The zero-order chi connectivity index (χ0) is 13.0. The lowest BCUT2D eigenvalue weighted by molar-refractivity contribution is 0.483. The van der Waals surface area contributed by atoms with Crippen LogP contribution in [0.4, 0.5) is 5.69 Å². The van der Waals surface area contributed by atoms with Gasteiger partial charge < -0.3 is 4.74 Å². The lowest BCUT2D eigenvalue weighted by Crippen LogP contribution is -2.21. The molecule has 0 aromatic heterocycles. The molecule has 0 fully saturated rings. The minimum atomic E-state index is -3.77. The third-order valence-electron chi connectivity index (χ3n) is 2.07. The van der Waals surface area contributed by atoms with E-state index in [1.54, 1.807) is 36.4 Å². The van der Waals surface area contributed by atoms with Crippen LogP contribution in [-0.4, -0.2) is 8.42 Å². The third kappa shape index (κ3) is 3.76. The van der Waals surface area contributed by atoms with Crippen LogP contribution in [0.1, 0.15) is 0 Å². The fraction of sp³-hybridized carbons (Fsp3) is 0. The molecule has 5 nitrogen and oxygen atoms in total. The van der Waals surface area contributed by atoms with Gasteiger partial charge in [-0.3, -0.25) is 4.72 Å². The summed E-state index contributed by atoms with van der Waals surface area (Å²) in [6.07, 6.45) is 0. The molecule has 0 saturated carbocycles. The van der Waals surface area contributed by atoms with Crippen molar-refractivity contribution in [3.05, 3.63) is 54.6 Å². The van der Waals surface area contributed by atoms with Gasteiger partial charge in [-0.25, -0.2) is 5.14 Å². The first-order valence-electron chi connectivity index (χ1n) is 5.16. The fourth-order valence-corrected chi connectivity index (χ4v) is 1.87. The Hall–Kier alpha value is -2.05. The van der Waals surface area contributed by atoms with Gasteiger partial charge in [0.25, 0.3) is 10.2 Å². The Bertz CT molecular complexity index is 627. The van der Waals surface area contributed by atoms with Gasteiger partial charge in [-0.15, -0.1) is 0 Å². The molecule has 0 aliphatic carbocycles. The highest BCUT2D eigenvalue weighted by Gasteiger charge is 2.03. The van der Waals surface area contributed by atoms with Crippen molar-refractivity contribution in [1.82, 2.24) is 0 Å². The molecule has 0 bridgehead atoms. The lowest BCUT2D eigenvalue weighted by Gasteiger charge is -2.08. The van der Waals surface area contributed by atoms with Crippen molar-refractivity contribution in [1.29, 1.82) is 0 Å². The summed E-state index contributed by atoms with van der Waals surface area (Å²) in [5, 5.41) is 4.89. The largest absolute Gasteiger partial charge is 0.457 e. The van der Waals surface area contributed by atoms with E-state index in [0.717, 1.165) is 0 Å². The number of hydrogen-bond acceptors (Lipinski definition) is 3. The molecule has 0 aliphatic heterocycles. The minimum absolute atomic E-state index is 0.353. The molecule has 0 amide bonds. The van der Waals surface area contributed by atoms with Crippen LogP contribution in [0.2, 0.25) is 0 Å². The predicted molar refractivity (Wildman–Crippen MR) is 69.7 cm³/mol. The zero-order valence-electron chi connectivity index (χ0n) is 9.41. The predicted octanol–water partition coefficient (Wildman–Crippen LogP) is 2.09. The molecule has 3 N–H and O–H groups in total. The van der Waals surface area contributed by atoms with Gasteiger partial charge in [-0.1, -0.05) is 24.3 Å². The number of rotatable bonds is 4. The monoisotopic (exact) mass is 264 g/mol. The summed E-state index contributed by atoms with van der Waals surface area (Å²) in [5.74, 6) is 1.19. The molecular formula is C12H12N2O3S. The van der Waals surface area contributed by atoms with Gasteiger partial charge in [0.15, 0.2) is 0 Å². The summed E-state index contributed by atoms with van der Waals surface area (Å²) in [7, 11) is -3.77. The van der Waals surface area contributed by atoms with Crippen molar-refractivity contribution in [2.45, 2.75) is 0 Å². The Morgan fingerprint density at radius 1 is 0.944 bits per heavy atom. The van der Waals surface area contributed by atoms with Crippen molar-refractivity contribution < 1.29 is 13.2 Å². The van der Waals surface area contributed by atoms with E-state index in [4.69, 9.17) is 9.88 Å². The number of benzene rings is 2. The highest BCUT2D eigenvalue weighted by Crippen LogP contribution is 2.23. The van der Waals surface area contributed by atoms with Crippen molar-refractivity contribution in [2.75, 3.05) is 4.72 Å². The summed E-state index contributed by atoms with van der Waals surface area (Å²) < 4.78 is 29.5. The quantitative estimate of drug-likeness (QED) is 0.887. The Morgan fingerprint density at radius 3 is 2.28 bits per heavy atom. The molecule has 0 spiro atoms. The van der Waals surface area contributed by atoms with E-state index in [-0.39, 0.29) is 0 Å². The first-order chi connectivity index (χ1) is 8.53. The average Bonchev–Trinajstić information content (AvgIpc) is 2.28. The summed E-state index contributed by atoms with van der Waals surface area (Å²) in [4.78, 5) is 0. The fourth-order valence-electron chi connectivity index (χ4n) is 1.41. The van der Waals surface area contributed by atoms with E-state index < -0.39 is 10.2 Å². The Kier molecular flexibility index (Phi) is 3.50. The van der Waals surface area contributed by atoms with Crippen LogP contribution in [-0.2, 0) is 10.2 Å². The number of para-hydroxylation sites is 1. The topological polar surface area (TPSA) is 81.4 Å². The summed E-state index contributed by atoms with van der Waals surface area (Å²) >= 11 is 0. The maximum atomic E-state index is 10.9. The summed E-state index contributed by atoms with van der Waals surface area (Å²) in [5.41, 5.74) is 0.353. The standard InChI is InChI=1S/C12H12N2O3S/c13-18(15,16)14-10-5-4-8-12(9-10)17-11-6-2-1-3-7-11/h1-9,14H,(H2,13,15,16). The van der Waals surface area contributed by atoms with Gasteiger partial charge in [0.1, 0.15) is 11.5 Å². The molecule has 18 heavy (non-hydrogen) atoms. The number of hydrogen-bond donors (Lipinski definition) is 2. The molecule has 0 aliphatic rings. The maximum Gasteiger partial charge on any atom is 0.296 e. The Balaban J connectivity index is 2.18. The molecular weight excluding hydrogens is 252 g/mol. The van der Waals surface area contributed by atoms with Gasteiger partial charge in [0, 0.05) is 6.07 Å². The third-order valence-corrected chi connectivity index (χ3v) is 2.59. The molecule has 2 aromatic carbocycles. The molecule has 0 unspecified atom stereocenters. The van der Waals surface area contributed by atoms with Crippen LogP contribution in [0.5, 0.6) is 11.5 Å². The maximum absolute atomic E-state index is 10.9. The van der Waals surface area contributed by atoms with Gasteiger partial charge in [0.2, 0.25) is 0 Å². The van der Waals surface area contributed by atoms with E-state index in [9.17, 15) is 8.42 Å². The molecule has 0 radical (unpaired) electrons. The number of anilines is 1. The van der Waals surface area contributed by atoms with Crippen LogP contribution in [0.15, 0.2) is 54.6 Å². The van der Waals surface area contributed by atoms with Gasteiger partial charge in [0.05, 0.1) is 5.69 Å². The minimum Gasteiger partial charge on any atom is -0.457 e. The van der Waals surface area contributed by atoms with Crippen molar-refractivity contribution in [2.24, 2.45) is 5.14 Å². The summed E-state index contributed by atoms with van der Waals surface area (Å²) in [6, 6.07) is 15.7. The first kappa shape index (κ1) is 12.4. The Labute approximate surface area is 105 Å². The molecule has 0 heterocycles. The lowest BCUT2D eigenvalue weighted by atomic mass is 10.3. The number of nitrogens with one attached hydrogen (secondary N) is 1. The van der Waals surface area contributed by atoms with Crippen molar-refractivity contribution >= 4 is 15.9 Å². The molecule has 94 valence electrons. The van der Waals surface area contributed by atoms with E-state index in [1.807, 2.05) is 18.2 Å². The Morgan fingerprint density at radius 2 is 1.61 bits per heavy atom. The van der Waals surface area contributed by atoms with Crippen molar-refractivity contribution in [3.8, 4) is 11.5 Å². The van der Waals surface area contributed by atoms with E-state index in [0.29, 0.717) is 17.2 Å².